The van der Waals surface area contributed by atoms with Crippen LogP contribution in [0.3, 0.4) is 0 Å². The zero-order valence-corrected chi connectivity index (χ0v) is 16.0. The third kappa shape index (κ3) is 7.22. The minimum atomic E-state index is -2.10. The van der Waals surface area contributed by atoms with Crippen molar-refractivity contribution in [3.8, 4) is 0 Å². The molecule has 0 heterocycles. The number of ether oxygens (including phenoxy) is 1. The van der Waals surface area contributed by atoms with E-state index in [1.54, 1.807) is 0 Å². The van der Waals surface area contributed by atoms with Gasteiger partial charge in [0.25, 0.3) is 0 Å². The first-order valence-electron chi connectivity index (χ1n) is 7.95. The van der Waals surface area contributed by atoms with E-state index in [2.05, 4.69) is 42.8 Å². The summed E-state index contributed by atoms with van der Waals surface area (Å²) in [4.78, 5) is 11.5. The van der Waals surface area contributed by atoms with Crippen LogP contribution in [-0.4, -0.2) is 30.8 Å². The molecule has 0 atom stereocenters. The van der Waals surface area contributed by atoms with Crippen LogP contribution in [0.2, 0.25) is 0 Å². The van der Waals surface area contributed by atoms with E-state index in [0.29, 0.717) is 6.35 Å². The maximum absolute atomic E-state index is 11.5. The zero-order valence-electron chi connectivity index (χ0n) is 13.5. The van der Waals surface area contributed by atoms with Crippen molar-refractivity contribution in [1.82, 2.24) is 0 Å². The van der Waals surface area contributed by atoms with E-state index in [1.165, 1.54) is 63.1 Å². The molecular formula is C16H32BrO2P. The first-order chi connectivity index (χ1) is 9.43. The van der Waals surface area contributed by atoms with Gasteiger partial charge in [-0.25, -0.2) is 0 Å². The molecule has 0 saturated carbocycles. The summed E-state index contributed by atoms with van der Waals surface area (Å²) in [6.45, 7) is 10.2. The average molecular weight is 367 g/mol. The molecule has 0 saturated heterocycles. The molecule has 0 aliphatic carbocycles. The van der Waals surface area contributed by atoms with Gasteiger partial charge in [-0.2, -0.15) is 0 Å². The van der Waals surface area contributed by atoms with Gasteiger partial charge in [0, 0.05) is 0 Å². The van der Waals surface area contributed by atoms with Gasteiger partial charge < -0.3 is 0 Å². The Balaban J connectivity index is 5.05. The van der Waals surface area contributed by atoms with Crippen molar-refractivity contribution in [2.45, 2.75) is 59.3 Å². The fraction of sp³-hybridized carbons (Fsp3) is 0.812. The van der Waals surface area contributed by atoms with Crippen molar-refractivity contribution in [2.24, 2.45) is 0 Å². The third-order valence-corrected chi connectivity index (χ3v) is 12.8. The van der Waals surface area contributed by atoms with Crippen LogP contribution in [-0.2, 0) is 9.53 Å². The summed E-state index contributed by atoms with van der Waals surface area (Å²) in [6, 6.07) is 0. The summed E-state index contributed by atoms with van der Waals surface area (Å²) < 4.78 is 5.51. The zero-order chi connectivity index (χ0) is 15.5. The molecule has 0 aliphatic heterocycles. The van der Waals surface area contributed by atoms with E-state index in [0.717, 1.165) is 0 Å². The molecule has 0 N–H and O–H groups in total. The fourth-order valence-corrected chi connectivity index (χ4v) is 9.86. The van der Waals surface area contributed by atoms with E-state index in [4.69, 9.17) is 4.74 Å². The van der Waals surface area contributed by atoms with Crippen molar-refractivity contribution >= 4 is 26.8 Å². The SMILES string of the molecule is C=CC(=O)OCP(Br)(CCCC)(CCCC)CCCC. The number of rotatable bonds is 12. The Labute approximate surface area is 133 Å². The molecule has 120 valence electrons. The second-order valence-corrected chi connectivity index (χ2v) is 17.1. The Morgan fingerprint density at radius 2 is 1.45 bits per heavy atom. The molecule has 20 heavy (non-hydrogen) atoms. The molecule has 0 bridgehead atoms. The molecule has 0 aromatic heterocycles. The monoisotopic (exact) mass is 366 g/mol. The van der Waals surface area contributed by atoms with Gasteiger partial charge in [-0.15, -0.1) is 0 Å². The maximum atomic E-state index is 11.5. The van der Waals surface area contributed by atoms with Gasteiger partial charge >= 0.3 is 133 Å². The molecular weight excluding hydrogens is 335 g/mol. The number of unbranched alkanes of at least 4 members (excludes halogenated alkanes) is 3. The summed E-state index contributed by atoms with van der Waals surface area (Å²) >= 11 is 4.17. The number of carbonyl (C=O) groups excluding carboxylic acids is 1. The van der Waals surface area contributed by atoms with Crippen LogP contribution in [0.1, 0.15) is 59.3 Å². The average Bonchev–Trinajstić information content (AvgIpc) is 2.47. The molecule has 0 amide bonds. The minimum absolute atomic E-state index is 0.289. The number of hydrogen-bond donors (Lipinski definition) is 0. The van der Waals surface area contributed by atoms with Crippen molar-refractivity contribution in [3.63, 3.8) is 0 Å². The first-order valence-corrected chi connectivity index (χ1v) is 12.9. The Hall–Kier alpha value is 0.120. The van der Waals surface area contributed by atoms with Gasteiger partial charge in [0.1, 0.15) is 0 Å². The summed E-state index contributed by atoms with van der Waals surface area (Å²) in [6.07, 6.45) is 12.6. The number of hydrogen-bond acceptors (Lipinski definition) is 2. The summed E-state index contributed by atoms with van der Waals surface area (Å²) in [5.74, 6) is -0.289. The van der Waals surface area contributed by atoms with Gasteiger partial charge in [0.2, 0.25) is 0 Å². The van der Waals surface area contributed by atoms with Gasteiger partial charge in [-0.3, -0.25) is 0 Å². The van der Waals surface area contributed by atoms with Crippen LogP contribution >= 0.6 is 20.8 Å². The molecule has 0 aromatic rings. The first kappa shape index (κ1) is 20.1. The molecule has 0 aliphatic rings. The number of halogens is 1. The molecule has 0 spiro atoms. The second-order valence-electron chi connectivity index (χ2n) is 5.85. The van der Waals surface area contributed by atoms with Gasteiger partial charge in [0.05, 0.1) is 0 Å². The van der Waals surface area contributed by atoms with E-state index in [9.17, 15) is 4.79 Å². The van der Waals surface area contributed by atoms with E-state index in [1.807, 2.05) is 0 Å². The van der Waals surface area contributed by atoms with Gasteiger partial charge in [-0.05, 0) is 0 Å². The topological polar surface area (TPSA) is 26.3 Å². The molecule has 0 fully saturated rings. The summed E-state index contributed by atoms with van der Waals surface area (Å²) in [7, 11) is 0. The molecule has 0 unspecified atom stereocenters. The Morgan fingerprint density at radius 3 is 1.75 bits per heavy atom. The van der Waals surface area contributed by atoms with Gasteiger partial charge in [-0.1, -0.05) is 0 Å². The predicted octanol–water partition coefficient (Wildman–Crippen LogP) is 5.94. The van der Waals surface area contributed by atoms with Crippen LogP contribution in [0.25, 0.3) is 0 Å². The van der Waals surface area contributed by atoms with Crippen LogP contribution in [0, 0.1) is 0 Å². The standard InChI is InChI=1S/C16H32BrO2P/c1-5-9-12-20(17,13-10-6-2,14-11-7-3)15-19-16(18)8-4/h8H,4-7,9-15H2,1-3H3. The Morgan fingerprint density at radius 1 is 1.05 bits per heavy atom. The van der Waals surface area contributed by atoms with E-state index in [-0.39, 0.29) is 5.97 Å². The number of esters is 1. The van der Waals surface area contributed by atoms with Crippen molar-refractivity contribution in [1.29, 1.82) is 0 Å². The van der Waals surface area contributed by atoms with Crippen LogP contribution < -0.4 is 0 Å². The van der Waals surface area contributed by atoms with Crippen LogP contribution in [0.5, 0.6) is 0 Å². The van der Waals surface area contributed by atoms with E-state index >= 15 is 0 Å². The molecule has 0 rings (SSSR count). The summed E-state index contributed by atoms with van der Waals surface area (Å²) in [5, 5.41) is -2.10. The molecule has 0 radical (unpaired) electrons. The van der Waals surface area contributed by atoms with Crippen molar-refractivity contribution in [2.75, 3.05) is 24.8 Å². The van der Waals surface area contributed by atoms with Crippen molar-refractivity contribution < 1.29 is 9.53 Å². The van der Waals surface area contributed by atoms with E-state index < -0.39 is 5.31 Å². The van der Waals surface area contributed by atoms with Gasteiger partial charge in [0.15, 0.2) is 0 Å². The molecule has 0 aromatic carbocycles. The quantitative estimate of drug-likeness (QED) is 0.243. The predicted molar refractivity (Wildman–Crippen MR) is 96.3 cm³/mol. The fourth-order valence-electron chi connectivity index (χ4n) is 2.47. The molecule has 4 heteroatoms. The molecule has 2 nitrogen and oxygen atoms in total. The normalized spacial score (nSPS) is 13.5. The van der Waals surface area contributed by atoms with Crippen LogP contribution in [0.4, 0.5) is 0 Å². The second kappa shape index (κ2) is 9.95. The third-order valence-electron chi connectivity index (χ3n) is 3.91. The number of carbonyl (C=O) groups is 1. The Bertz CT molecular complexity index is 280. The Kier molecular flexibility index (Phi) is 10.0. The summed E-state index contributed by atoms with van der Waals surface area (Å²) in [5.41, 5.74) is 0. The van der Waals surface area contributed by atoms with Crippen molar-refractivity contribution in [3.05, 3.63) is 12.7 Å². The van der Waals surface area contributed by atoms with Crippen LogP contribution in [0.15, 0.2) is 12.7 Å².